The number of ether oxygens (including phenoxy) is 1. The van der Waals surface area contributed by atoms with Gasteiger partial charge in [-0.05, 0) is 36.4 Å². The summed E-state index contributed by atoms with van der Waals surface area (Å²) in [7, 11) is 4.57. The summed E-state index contributed by atoms with van der Waals surface area (Å²) in [4.78, 5) is 15.7. The third kappa shape index (κ3) is 5.35. The zero-order valence-electron chi connectivity index (χ0n) is 17.3. The van der Waals surface area contributed by atoms with Gasteiger partial charge in [-0.2, -0.15) is 0 Å². The molecule has 2 heterocycles. The summed E-state index contributed by atoms with van der Waals surface area (Å²) in [6.45, 7) is 2.68. The van der Waals surface area contributed by atoms with Crippen LogP contribution in [0.2, 0.25) is 5.02 Å². The highest BCUT2D eigenvalue weighted by Gasteiger charge is 2.30. The zero-order chi connectivity index (χ0) is 20.4. The molecule has 0 spiro atoms. The molecule has 30 heavy (non-hydrogen) atoms. The van der Waals surface area contributed by atoms with E-state index in [0.717, 1.165) is 53.7 Å². The maximum absolute atomic E-state index is 12.6. The van der Waals surface area contributed by atoms with Crippen molar-refractivity contribution in [3.8, 4) is 0 Å². The molecule has 1 aliphatic rings. The minimum atomic E-state index is -0.164. The fourth-order valence-corrected chi connectivity index (χ4v) is 4.28. The van der Waals surface area contributed by atoms with Gasteiger partial charge < -0.3 is 43.5 Å². The van der Waals surface area contributed by atoms with Gasteiger partial charge in [0, 0.05) is 40.0 Å². The van der Waals surface area contributed by atoms with Crippen molar-refractivity contribution in [2.75, 3.05) is 32.6 Å². The predicted octanol–water partition coefficient (Wildman–Crippen LogP) is 1.83. The Hall–Kier alpha value is -1.61. The summed E-state index contributed by atoms with van der Waals surface area (Å²) in [5, 5.41) is 4.54. The van der Waals surface area contributed by atoms with Gasteiger partial charge in [0.05, 0.1) is 33.4 Å². The van der Waals surface area contributed by atoms with Crippen LogP contribution in [0.3, 0.4) is 0 Å². The molecule has 0 bridgehead atoms. The van der Waals surface area contributed by atoms with Crippen molar-refractivity contribution < 1.29 is 38.0 Å². The lowest BCUT2D eigenvalue weighted by molar-refractivity contribution is -0.929. The van der Waals surface area contributed by atoms with Gasteiger partial charge >= 0.3 is 0 Å². The van der Waals surface area contributed by atoms with Gasteiger partial charge in [0.15, 0.2) is 0 Å². The molecule has 7 heteroatoms. The van der Waals surface area contributed by atoms with E-state index in [-0.39, 0.29) is 29.9 Å². The Balaban J connectivity index is 0.00000256. The van der Waals surface area contributed by atoms with Crippen LogP contribution in [0.25, 0.3) is 10.9 Å². The number of carbonyl (C=O) groups is 1. The summed E-state index contributed by atoms with van der Waals surface area (Å²) >= 11 is 6.03. The molecule has 1 saturated heterocycles. The lowest BCUT2D eigenvalue weighted by Gasteiger charge is -2.40. The van der Waals surface area contributed by atoms with Crippen LogP contribution in [-0.2, 0) is 11.3 Å². The Morgan fingerprint density at radius 1 is 1.13 bits per heavy atom. The zero-order valence-corrected chi connectivity index (χ0v) is 20.2. The number of quaternary nitrogens is 1. The number of aromatic nitrogens is 1. The molecule has 0 radical (unpaired) electrons. The second kappa shape index (κ2) is 9.68. The van der Waals surface area contributed by atoms with Gasteiger partial charge in [-0.3, -0.25) is 4.79 Å². The van der Waals surface area contributed by atoms with E-state index in [1.54, 1.807) is 6.07 Å². The highest BCUT2D eigenvalue weighted by molar-refractivity contribution is 6.31. The monoisotopic (exact) mass is 539 g/mol. The predicted molar refractivity (Wildman–Crippen MR) is 117 cm³/mol. The molecular weight excluding hydrogens is 513 g/mol. The quantitative estimate of drug-likeness (QED) is 0.384. The minimum absolute atomic E-state index is 0. The van der Waals surface area contributed by atoms with E-state index in [1.165, 1.54) is 5.56 Å². The second-order valence-electron chi connectivity index (χ2n) is 8.35. The molecule has 0 saturated carbocycles. The first-order valence-corrected chi connectivity index (χ1v) is 10.4. The number of nitrogens with one attached hydrogen (secondary N) is 2. The van der Waals surface area contributed by atoms with Crippen molar-refractivity contribution in [3.63, 3.8) is 0 Å². The molecule has 1 amide bonds. The van der Waals surface area contributed by atoms with Gasteiger partial charge in [0.25, 0.3) is 5.91 Å². The molecule has 2 N–H and O–H groups in total. The molecular formula is C23H27ClIN3O2. The Morgan fingerprint density at radius 3 is 2.53 bits per heavy atom. The smallest absolute Gasteiger partial charge is 0.272 e. The van der Waals surface area contributed by atoms with Crippen molar-refractivity contribution in [1.29, 1.82) is 0 Å². The standard InChI is InChI=1S/C23H26ClN3O2.HI/c1-27(2,20-9-11-29-12-10-20)15-16-3-6-19(7-4-16)25-23(28)22-14-17-13-18(24)5-8-21(17)26-22;/h3-8,13-14,20H,9-12,15H2,1-2H3,(H-,25,26,28);1H. The minimum Gasteiger partial charge on any atom is -1.00 e. The van der Waals surface area contributed by atoms with Gasteiger partial charge in [-0.15, -0.1) is 0 Å². The summed E-state index contributed by atoms with van der Waals surface area (Å²) in [6, 6.07) is 16.1. The van der Waals surface area contributed by atoms with E-state index in [0.29, 0.717) is 16.8 Å². The topological polar surface area (TPSA) is 54.1 Å². The first-order valence-electron chi connectivity index (χ1n) is 10.00. The Morgan fingerprint density at radius 2 is 1.83 bits per heavy atom. The fraction of sp³-hybridized carbons (Fsp3) is 0.348. The summed E-state index contributed by atoms with van der Waals surface area (Å²) < 4.78 is 6.45. The summed E-state index contributed by atoms with van der Waals surface area (Å²) in [5.41, 5.74) is 3.46. The van der Waals surface area contributed by atoms with Crippen LogP contribution in [-0.4, -0.2) is 48.7 Å². The molecule has 3 aromatic rings. The van der Waals surface area contributed by atoms with E-state index in [1.807, 2.05) is 30.3 Å². The third-order valence-corrected chi connectivity index (χ3v) is 6.04. The van der Waals surface area contributed by atoms with Crippen molar-refractivity contribution in [1.82, 2.24) is 4.98 Å². The van der Waals surface area contributed by atoms with Gasteiger partial charge in [-0.1, -0.05) is 23.7 Å². The molecule has 1 aromatic heterocycles. The third-order valence-electron chi connectivity index (χ3n) is 5.81. The summed E-state index contributed by atoms with van der Waals surface area (Å²) in [5.74, 6) is -0.164. The molecule has 4 rings (SSSR count). The molecule has 5 nitrogen and oxygen atoms in total. The van der Waals surface area contributed by atoms with Crippen LogP contribution in [0.15, 0.2) is 48.5 Å². The maximum atomic E-state index is 12.6. The molecule has 0 aliphatic carbocycles. The van der Waals surface area contributed by atoms with E-state index in [9.17, 15) is 4.79 Å². The Kier molecular flexibility index (Phi) is 7.44. The SMILES string of the molecule is C[N+](C)(Cc1ccc(NC(=O)c2cc3cc(Cl)ccc3[nH]2)cc1)C1CCOCC1.[I-]. The number of hydrogen-bond donors (Lipinski definition) is 2. The lowest BCUT2D eigenvalue weighted by atomic mass is 10.0. The van der Waals surface area contributed by atoms with Crippen LogP contribution in [0, 0.1) is 0 Å². The molecule has 0 atom stereocenters. The first kappa shape index (κ1) is 23.1. The summed E-state index contributed by atoms with van der Waals surface area (Å²) in [6.07, 6.45) is 2.22. The van der Waals surface area contributed by atoms with Crippen LogP contribution < -0.4 is 29.3 Å². The number of nitrogens with zero attached hydrogens (tertiary/aromatic N) is 1. The van der Waals surface area contributed by atoms with E-state index in [2.05, 4.69) is 36.5 Å². The molecule has 1 aliphatic heterocycles. The van der Waals surface area contributed by atoms with Crippen molar-refractivity contribution >= 4 is 34.1 Å². The van der Waals surface area contributed by atoms with Crippen LogP contribution in [0.5, 0.6) is 0 Å². The average Bonchev–Trinajstić information content (AvgIpc) is 3.13. The van der Waals surface area contributed by atoms with E-state index < -0.39 is 0 Å². The van der Waals surface area contributed by atoms with Crippen LogP contribution >= 0.6 is 11.6 Å². The number of hydrogen-bond acceptors (Lipinski definition) is 2. The van der Waals surface area contributed by atoms with Crippen LogP contribution in [0.4, 0.5) is 5.69 Å². The number of fused-ring (bicyclic) bond motifs is 1. The number of carbonyl (C=O) groups excluding carboxylic acids is 1. The van der Waals surface area contributed by atoms with Gasteiger partial charge in [0.2, 0.25) is 0 Å². The number of rotatable bonds is 5. The van der Waals surface area contributed by atoms with E-state index >= 15 is 0 Å². The average molecular weight is 540 g/mol. The molecule has 1 fully saturated rings. The van der Waals surface area contributed by atoms with Crippen molar-refractivity contribution in [2.24, 2.45) is 0 Å². The normalized spacial score (nSPS) is 15.0. The van der Waals surface area contributed by atoms with Crippen molar-refractivity contribution in [2.45, 2.75) is 25.4 Å². The lowest BCUT2D eigenvalue weighted by Crippen LogP contribution is -3.00. The highest BCUT2D eigenvalue weighted by atomic mass is 127. The van der Waals surface area contributed by atoms with E-state index in [4.69, 9.17) is 16.3 Å². The highest BCUT2D eigenvalue weighted by Crippen LogP contribution is 2.24. The number of aromatic amines is 1. The Bertz CT molecular complexity index is 1010. The molecule has 160 valence electrons. The number of amides is 1. The molecule has 0 unspecified atom stereocenters. The number of anilines is 1. The maximum Gasteiger partial charge on any atom is 0.272 e. The first-order chi connectivity index (χ1) is 13.9. The van der Waals surface area contributed by atoms with Gasteiger partial charge in [-0.25, -0.2) is 0 Å². The Labute approximate surface area is 199 Å². The number of H-pyrrole nitrogens is 1. The number of halogens is 2. The largest absolute Gasteiger partial charge is 1.00 e. The van der Waals surface area contributed by atoms with Crippen LogP contribution in [0.1, 0.15) is 28.9 Å². The molecule has 2 aromatic carbocycles. The van der Waals surface area contributed by atoms with Gasteiger partial charge in [0.1, 0.15) is 12.2 Å². The fourth-order valence-electron chi connectivity index (χ4n) is 4.10. The second-order valence-corrected chi connectivity index (χ2v) is 8.78. The number of benzene rings is 2. The van der Waals surface area contributed by atoms with Crippen molar-refractivity contribution in [3.05, 3.63) is 64.8 Å².